The van der Waals surface area contributed by atoms with Crippen LogP contribution in [0.15, 0.2) is 18.5 Å². The molecule has 0 spiro atoms. The Kier molecular flexibility index (Phi) is 4.76. The molecule has 1 N–H and O–H groups in total. The molecule has 0 saturated heterocycles. The molecule has 0 atom stereocenters. The zero-order valence-corrected chi connectivity index (χ0v) is 9.81. The van der Waals surface area contributed by atoms with Crippen molar-refractivity contribution in [1.29, 1.82) is 0 Å². The van der Waals surface area contributed by atoms with Crippen LogP contribution in [0, 0.1) is 0 Å². The highest BCUT2D eigenvalue weighted by molar-refractivity contribution is 5.94. The summed E-state index contributed by atoms with van der Waals surface area (Å²) in [6.07, 6.45) is 4.85. The lowest BCUT2D eigenvalue weighted by Crippen LogP contribution is -2.31. The number of aromatic nitrogens is 1. The monoisotopic (exact) mass is 222 g/mol. The first-order valence-corrected chi connectivity index (χ1v) is 5.62. The van der Waals surface area contributed by atoms with E-state index in [-0.39, 0.29) is 11.7 Å². The molecular weight excluding hydrogens is 204 g/mol. The third-order valence-corrected chi connectivity index (χ3v) is 2.42. The molecule has 0 aromatic carbocycles. The van der Waals surface area contributed by atoms with Gasteiger partial charge in [-0.2, -0.15) is 0 Å². The van der Waals surface area contributed by atoms with E-state index in [1.165, 1.54) is 18.5 Å². The van der Waals surface area contributed by atoms with Gasteiger partial charge in [0.05, 0.1) is 11.8 Å². The Labute approximate surface area is 95.9 Å². The molecule has 88 valence electrons. The van der Waals surface area contributed by atoms with Gasteiger partial charge in [0.25, 0.3) is 5.91 Å². The molecule has 0 radical (unpaired) electrons. The predicted molar refractivity (Wildman–Crippen MR) is 62.4 cm³/mol. The van der Waals surface area contributed by atoms with Crippen molar-refractivity contribution < 1.29 is 9.90 Å². The number of rotatable bonds is 5. The van der Waals surface area contributed by atoms with Gasteiger partial charge in [0.15, 0.2) is 0 Å². The van der Waals surface area contributed by atoms with E-state index in [0.29, 0.717) is 12.1 Å². The summed E-state index contributed by atoms with van der Waals surface area (Å²) in [5.74, 6) is -0.0447. The summed E-state index contributed by atoms with van der Waals surface area (Å²) in [4.78, 5) is 17.6. The summed E-state index contributed by atoms with van der Waals surface area (Å²) in [7, 11) is 0. The second-order valence-electron chi connectivity index (χ2n) is 3.67. The SMILES string of the molecule is CCCCN(CC)C(=O)c1cncc(O)c1. The number of amides is 1. The lowest BCUT2D eigenvalue weighted by molar-refractivity contribution is 0.0761. The highest BCUT2D eigenvalue weighted by atomic mass is 16.3. The van der Waals surface area contributed by atoms with Crippen LogP contribution < -0.4 is 0 Å². The van der Waals surface area contributed by atoms with E-state index in [4.69, 9.17) is 0 Å². The Morgan fingerprint density at radius 2 is 2.19 bits per heavy atom. The number of carbonyl (C=O) groups excluding carboxylic acids is 1. The molecule has 0 saturated carbocycles. The first-order chi connectivity index (χ1) is 7.69. The minimum Gasteiger partial charge on any atom is -0.506 e. The molecule has 0 unspecified atom stereocenters. The van der Waals surface area contributed by atoms with E-state index in [1.54, 1.807) is 4.90 Å². The highest BCUT2D eigenvalue weighted by Crippen LogP contribution is 2.11. The number of pyridine rings is 1. The first kappa shape index (κ1) is 12.5. The molecule has 0 aliphatic heterocycles. The fraction of sp³-hybridized carbons (Fsp3) is 0.500. The molecule has 16 heavy (non-hydrogen) atoms. The summed E-state index contributed by atoms with van der Waals surface area (Å²) < 4.78 is 0. The molecule has 1 heterocycles. The standard InChI is InChI=1S/C12H18N2O2/c1-3-5-6-14(4-2)12(16)10-7-11(15)9-13-8-10/h7-9,15H,3-6H2,1-2H3. The molecule has 1 aromatic heterocycles. The smallest absolute Gasteiger partial charge is 0.255 e. The zero-order valence-electron chi connectivity index (χ0n) is 9.81. The van der Waals surface area contributed by atoms with Gasteiger partial charge >= 0.3 is 0 Å². The maximum Gasteiger partial charge on any atom is 0.255 e. The molecule has 4 nitrogen and oxygen atoms in total. The molecular formula is C12H18N2O2. The predicted octanol–water partition coefficient (Wildman–Crippen LogP) is 2.05. The summed E-state index contributed by atoms with van der Waals surface area (Å²) in [5, 5.41) is 9.26. The second kappa shape index (κ2) is 6.10. The molecule has 0 fully saturated rings. The zero-order chi connectivity index (χ0) is 12.0. The maximum atomic E-state index is 12.0. The second-order valence-corrected chi connectivity index (χ2v) is 3.67. The largest absolute Gasteiger partial charge is 0.506 e. The fourth-order valence-corrected chi connectivity index (χ4v) is 1.48. The van der Waals surface area contributed by atoms with Crippen LogP contribution in [0.1, 0.15) is 37.0 Å². The van der Waals surface area contributed by atoms with Gasteiger partial charge in [-0.25, -0.2) is 0 Å². The number of hydrogen-bond donors (Lipinski definition) is 1. The molecule has 1 rings (SSSR count). The van der Waals surface area contributed by atoms with Crippen molar-refractivity contribution in [2.45, 2.75) is 26.7 Å². The molecule has 0 bridgehead atoms. The van der Waals surface area contributed by atoms with E-state index >= 15 is 0 Å². The molecule has 0 aliphatic rings. The molecule has 1 amide bonds. The highest BCUT2D eigenvalue weighted by Gasteiger charge is 2.14. The van der Waals surface area contributed by atoms with Crippen LogP contribution in [0.3, 0.4) is 0 Å². The van der Waals surface area contributed by atoms with E-state index in [1.807, 2.05) is 6.92 Å². The number of hydrogen-bond acceptors (Lipinski definition) is 3. The number of unbranched alkanes of at least 4 members (excludes halogenated alkanes) is 1. The van der Waals surface area contributed by atoms with Gasteiger partial charge in [0, 0.05) is 19.3 Å². The fourth-order valence-electron chi connectivity index (χ4n) is 1.48. The normalized spacial score (nSPS) is 10.1. The van der Waals surface area contributed by atoms with Crippen LogP contribution >= 0.6 is 0 Å². The van der Waals surface area contributed by atoms with E-state index < -0.39 is 0 Å². The van der Waals surface area contributed by atoms with Crippen LogP contribution in [0.25, 0.3) is 0 Å². The molecule has 1 aromatic rings. The number of aromatic hydroxyl groups is 1. The summed E-state index contributed by atoms with van der Waals surface area (Å²) >= 11 is 0. The summed E-state index contributed by atoms with van der Waals surface area (Å²) in [5.41, 5.74) is 0.443. The van der Waals surface area contributed by atoms with Gasteiger partial charge in [-0.05, 0) is 19.4 Å². The average Bonchev–Trinajstić information content (AvgIpc) is 2.29. The number of nitrogens with zero attached hydrogens (tertiary/aromatic N) is 2. The van der Waals surface area contributed by atoms with Gasteiger partial charge in [0.2, 0.25) is 0 Å². The third-order valence-electron chi connectivity index (χ3n) is 2.42. The summed E-state index contributed by atoms with van der Waals surface area (Å²) in [6.45, 7) is 5.47. The minimum atomic E-state index is -0.0700. The van der Waals surface area contributed by atoms with Crippen molar-refractivity contribution in [2.75, 3.05) is 13.1 Å². The van der Waals surface area contributed by atoms with Crippen LogP contribution in [-0.2, 0) is 0 Å². The number of carbonyl (C=O) groups is 1. The minimum absolute atomic E-state index is 0.0254. The van der Waals surface area contributed by atoms with E-state index in [2.05, 4.69) is 11.9 Å². The van der Waals surface area contributed by atoms with Crippen molar-refractivity contribution in [1.82, 2.24) is 9.88 Å². The lowest BCUT2D eigenvalue weighted by Gasteiger charge is -2.20. The lowest BCUT2D eigenvalue weighted by atomic mass is 10.2. The van der Waals surface area contributed by atoms with Crippen LogP contribution in [0.5, 0.6) is 5.75 Å². The van der Waals surface area contributed by atoms with Crippen molar-refractivity contribution in [2.24, 2.45) is 0 Å². The van der Waals surface area contributed by atoms with Crippen molar-refractivity contribution in [3.05, 3.63) is 24.0 Å². The quantitative estimate of drug-likeness (QED) is 0.829. The molecule has 0 aliphatic carbocycles. The van der Waals surface area contributed by atoms with Gasteiger partial charge in [-0.3, -0.25) is 9.78 Å². The topological polar surface area (TPSA) is 53.4 Å². The van der Waals surface area contributed by atoms with Gasteiger partial charge in [0.1, 0.15) is 5.75 Å². The van der Waals surface area contributed by atoms with Crippen molar-refractivity contribution >= 4 is 5.91 Å². The van der Waals surface area contributed by atoms with Crippen molar-refractivity contribution in [3.63, 3.8) is 0 Å². The summed E-state index contributed by atoms with van der Waals surface area (Å²) in [6, 6.07) is 1.45. The van der Waals surface area contributed by atoms with E-state index in [9.17, 15) is 9.90 Å². The third kappa shape index (κ3) is 3.22. The Bertz CT molecular complexity index is 353. The molecule has 4 heteroatoms. The van der Waals surface area contributed by atoms with Crippen LogP contribution in [-0.4, -0.2) is 34.0 Å². The Balaban J connectivity index is 2.74. The Morgan fingerprint density at radius 1 is 1.44 bits per heavy atom. The maximum absolute atomic E-state index is 12.0. The van der Waals surface area contributed by atoms with Gasteiger partial charge < -0.3 is 10.0 Å². The van der Waals surface area contributed by atoms with Crippen LogP contribution in [0.2, 0.25) is 0 Å². The van der Waals surface area contributed by atoms with E-state index in [0.717, 1.165) is 19.4 Å². The Morgan fingerprint density at radius 3 is 2.75 bits per heavy atom. The first-order valence-electron chi connectivity index (χ1n) is 5.62. The Hall–Kier alpha value is -1.58. The van der Waals surface area contributed by atoms with Crippen LogP contribution in [0.4, 0.5) is 0 Å². The van der Waals surface area contributed by atoms with Gasteiger partial charge in [-0.15, -0.1) is 0 Å². The van der Waals surface area contributed by atoms with Gasteiger partial charge in [-0.1, -0.05) is 13.3 Å². The average molecular weight is 222 g/mol. The van der Waals surface area contributed by atoms with Crippen molar-refractivity contribution in [3.8, 4) is 5.75 Å².